The highest BCUT2D eigenvalue weighted by molar-refractivity contribution is 6.28. The molecule has 1 aliphatic rings. The molecule has 3 rings (SSSR count). The minimum Gasteiger partial charge on any atom is -0.462 e. The van der Waals surface area contributed by atoms with Crippen molar-refractivity contribution in [1.29, 1.82) is 0 Å². The third kappa shape index (κ3) is 3.68. The summed E-state index contributed by atoms with van der Waals surface area (Å²) in [7, 11) is 0. The lowest BCUT2D eigenvalue weighted by atomic mass is 10.2. The smallest absolute Gasteiger partial charge is 0.462 e. The molecule has 0 atom stereocenters. The van der Waals surface area contributed by atoms with E-state index in [0.29, 0.717) is 0 Å². The number of nitrogens with zero attached hydrogens (tertiary/aromatic N) is 2. The Morgan fingerprint density at radius 3 is 2.56 bits per heavy atom. The number of hydrogen-bond donors (Lipinski definition) is 1. The average Bonchev–Trinajstić information content (AvgIpc) is 2.56. The van der Waals surface area contributed by atoms with E-state index in [1.54, 1.807) is 6.92 Å². The second kappa shape index (κ2) is 6.72. The number of carbonyl (C=O) groups is 1. The van der Waals surface area contributed by atoms with Gasteiger partial charge in [-0.15, -0.1) is 0 Å². The molecule has 2 aromatic rings. The second-order valence-electron chi connectivity index (χ2n) is 5.15. The molecule has 0 saturated carbocycles. The number of nitrogens with one attached hydrogen (secondary N) is 1. The van der Waals surface area contributed by atoms with E-state index in [1.807, 2.05) is 0 Å². The lowest BCUT2D eigenvalue weighted by Crippen LogP contribution is -2.52. The van der Waals surface area contributed by atoms with Crippen LogP contribution in [0, 0.1) is 0 Å². The molecule has 0 unspecified atom stereocenters. The van der Waals surface area contributed by atoms with Crippen molar-refractivity contribution in [3.8, 4) is 11.5 Å². The molecule has 1 N–H and O–H groups in total. The average molecular weight is 408 g/mol. The highest BCUT2D eigenvalue weighted by Gasteiger charge is 2.65. The molecular formula is C15H10ClF4N3O4. The van der Waals surface area contributed by atoms with Gasteiger partial charge in [-0.3, -0.25) is 0 Å². The van der Waals surface area contributed by atoms with Crippen LogP contribution in [0.4, 0.5) is 29.1 Å². The first kappa shape index (κ1) is 19.0. The summed E-state index contributed by atoms with van der Waals surface area (Å²) in [5, 5.41) is 2.45. The summed E-state index contributed by atoms with van der Waals surface area (Å²) in [6.07, 6.45) is -8.55. The Balaban J connectivity index is 1.92. The van der Waals surface area contributed by atoms with Crippen LogP contribution in [0.1, 0.15) is 17.3 Å². The quantitative estimate of drug-likeness (QED) is 0.466. The maximum absolute atomic E-state index is 13.3. The van der Waals surface area contributed by atoms with Crippen LogP contribution in [-0.4, -0.2) is 34.8 Å². The number of carbonyl (C=O) groups excluding carboxylic acids is 1. The van der Waals surface area contributed by atoms with Crippen LogP contribution in [0.25, 0.3) is 0 Å². The molecule has 144 valence electrons. The Morgan fingerprint density at radius 1 is 1.22 bits per heavy atom. The number of hydrogen-bond acceptors (Lipinski definition) is 7. The number of halogens is 5. The van der Waals surface area contributed by atoms with E-state index < -0.39 is 29.7 Å². The van der Waals surface area contributed by atoms with Gasteiger partial charge < -0.3 is 19.5 Å². The maximum atomic E-state index is 13.3. The Labute approximate surface area is 154 Å². The van der Waals surface area contributed by atoms with Gasteiger partial charge in [0.15, 0.2) is 11.5 Å². The van der Waals surface area contributed by atoms with Gasteiger partial charge in [0.1, 0.15) is 11.4 Å². The fourth-order valence-corrected chi connectivity index (χ4v) is 2.23. The molecule has 0 radical (unpaired) electrons. The second-order valence-corrected chi connectivity index (χ2v) is 5.48. The van der Waals surface area contributed by atoms with Crippen LogP contribution in [0.15, 0.2) is 24.4 Å². The number of alkyl halides is 4. The first-order valence-electron chi connectivity index (χ1n) is 7.37. The number of benzene rings is 1. The van der Waals surface area contributed by atoms with Crippen molar-refractivity contribution in [2.45, 2.75) is 19.1 Å². The predicted octanol–water partition coefficient (Wildman–Crippen LogP) is 4.01. The largest absolute Gasteiger partial charge is 0.507 e. The summed E-state index contributed by atoms with van der Waals surface area (Å²) in [5.41, 5.74) is 0.00619. The molecule has 1 aromatic heterocycles. The standard InChI is InChI=1S/C15H10ClF4N3O4/c1-2-25-12(24)8-6-21-13(16)23-11(8)22-7-3-4-9-10(5-7)27-15(19,20)14(17,18)26-9/h3-6H,2H2,1H3,(H,21,22,23). The number of rotatable bonds is 4. The molecule has 1 aromatic carbocycles. The molecular weight excluding hydrogens is 398 g/mol. The Kier molecular flexibility index (Phi) is 4.72. The number of esters is 1. The topological polar surface area (TPSA) is 82.6 Å². The number of fused-ring (bicyclic) bond motifs is 1. The van der Waals surface area contributed by atoms with Gasteiger partial charge >= 0.3 is 18.2 Å². The van der Waals surface area contributed by atoms with Gasteiger partial charge in [-0.25, -0.2) is 9.78 Å². The first-order valence-corrected chi connectivity index (χ1v) is 7.75. The lowest BCUT2D eigenvalue weighted by molar-refractivity contribution is -0.391. The number of aromatic nitrogens is 2. The summed E-state index contributed by atoms with van der Waals surface area (Å²) in [4.78, 5) is 19.5. The molecule has 7 nitrogen and oxygen atoms in total. The number of ether oxygens (including phenoxy) is 3. The fraction of sp³-hybridized carbons (Fsp3) is 0.267. The first-order chi connectivity index (χ1) is 12.6. The van der Waals surface area contributed by atoms with E-state index in [0.717, 1.165) is 18.3 Å². The van der Waals surface area contributed by atoms with Crippen LogP contribution < -0.4 is 14.8 Å². The van der Waals surface area contributed by atoms with Crippen molar-refractivity contribution >= 4 is 29.1 Å². The van der Waals surface area contributed by atoms with Crippen molar-refractivity contribution in [3.05, 3.63) is 35.2 Å². The van der Waals surface area contributed by atoms with Crippen LogP contribution >= 0.6 is 11.6 Å². The van der Waals surface area contributed by atoms with Crippen LogP contribution in [0.3, 0.4) is 0 Å². The Bertz CT molecular complexity index is 897. The van der Waals surface area contributed by atoms with Crippen molar-refractivity contribution in [2.75, 3.05) is 11.9 Å². The molecule has 1 aliphatic heterocycles. The van der Waals surface area contributed by atoms with Gasteiger partial charge in [-0.2, -0.15) is 22.5 Å². The van der Waals surface area contributed by atoms with Gasteiger partial charge in [-0.05, 0) is 30.7 Å². The highest BCUT2D eigenvalue weighted by Crippen LogP contribution is 2.47. The van der Waals surface area contributed by atoms with Crippen molar-refractivity contribution in [2.24, 2.45) is 0 Å². The van der Waals surface area contributed by atoms with Gasteiger partial charge in [0.25, 0.3) is 0 Å². The summed E-state index contributed by atoms with van der Waals surface area (Å²) >= 11 is 5.71. The van der Waals surface area contributed by atoms with E-state index in [4.69, 9.17) is 16.3 Å². The molecule has 0 saturated heterocycles. The highest BCUT2D eigenvalue weighted by atomic mass is 35.5. The van der Waals surface area contributed by atoms with E-state index >= 15 is 0 Å². The van der Waals surface area contributed by atoms with Crippen LogP contribution in [-0.2, 0) is 4.74 Å². The third-order valence-corrected chi connectivity index (χ3v) is 3.46. The van der Waals surface area contributed by atoms with Gasteiger partial charge in [0.05, 0.1) is 6.61 Å². The molecule has 2 heterocycles. The molecule has 0 amide bonds. The van der Waals surface area contributed by atoms with Crippen LogP contribution in [0.5, 0.6) is 11.5 Å². The summed E-state index contributed by atoms with van der Waals surface area (Å²) in [6, 6.07) is 3.20. The molecule has 0 aliphatic carbocycles. The fourth-order valence-electron chi connectivity index (χ4n) is 2.10. The summed E-state index contributed by atoms with van der Waals surface area (Å²) < 4.78 is 65.9. The van der Waals surface area contributed by atoms with Crippen molar-refractivity contribution < 1.29 is 36.6 Å². The van der Waals surface area contributed by atoms with E-state index in [9.17, 15) is 22.4 Å². The molecule has 0 fully saturated rings. The Hall–Kier alpha value is -2.82. The van der Waals surface area contributed by atoms with Gasteiger partial charge in [-0.1, -0.05) is 0 Å². The zero-order chi connectivity index (χ0) is 19.8. The van der Waals surface area contributed by atoms with Gasteiger partial charge in [0.2, 0.25) is 5.28 Å². The normalized spacial score (nSPS) is 16.5. The SMILES string of the molecule is CCOC(=O)c1cnc(Cl)nc1Nc1ccc2c(c1)OC(F)(F)C(F)(F)O2. The zero-order valence-corrected chi connectivity index (χ0v) is 14.2. The molecule has 12 heteroatoms. The van der Waals surface area contributed by atoms with E-state index in [2.05, 4.69) is 24.8 Å². The maximum Gasteiger partial charge on any atom is 0.507 e. The molecule has 0 bridgehead atoms. The van der Waals surface area contributed by atoms with Crippen molar-refractivity contribution in [1.82, 2.24) is 9.97 Å². The molecule has 27 heavy (non-hydrogen) atoms. The zero-order valence-electron chi connectivity index (χ0n) is 13.4. The summed E-state index contributed by atoms with van der Waals surface area (Å²) in [5.74, 6) is -2.04. The van der Waals surface area contributed by atoms with E-state index in [-0.39, 0.29) is 29.0 Å². The molecule has 0 spiro atoms. The summed E-state index contributed by atoms with van der Waals surface area (Å²) in [6.45, 7) is 1.69. The van der Waals surface area contributed by atoms with E-state index in [1.165, 1.54) is 6.07 Å². The minimum absolute atomic E-state index is 0.0759. The van der Waals surface area contributed by atoms with Gasteiger partial charge in [0, 0.05) is 18.0 Å². The lowest BCUT2D eigenvalue weighted by Gasteiger charge is -2.31. The van der Waals surface area contributed by atoms with Crippen molar-refractivity contribution in [3.63, 3.8) is 0 Å². The predicted molar refractivity (Wildman–Crippen MR) is 83.9 cm³/mol. The number of anilines is 2. The minimum atomic E-state index is -4.85. The van der Waals surface area contributed by atoms with Crippen LogP contribution in [0.2, 0.25) is 5.28 Å². The Morgan fingerprint density at radius 2 is 1.89 bits per heavy atom. The third-order valence-electron chi connectivity index (χ3n) is 3.28. The monoisotopic (exact) mass is 407 g/mol.